The Labute approximate surface area is 126 Å². The third-order valence-corrected chi connectivity index (χ3v) is 4.77. The van der Waals surface area contributed by atoms with Crippen LogP contribution in [0.2, 0.25) is 0 Å². The van der Waals surface area contributed by atoms with Gasteiger partial charge in [-0.25, -0.2) is 8.42 Å². The Hall–Kier alpha value is -0.530. The van der Waals surface area contributed by atoms with Crippen molar-refractivity contribution in [2.24, 2.45) is 0 Å². The zero-order chi connectivity index (χ0) is 15.4. The SMILES string of the molecule is CCCNC(CCS(C)(=O)=O)c1snnc1C(C)(C)C. The van der Waals surface area contributed by atoms with Crippen molar-refractivity contribution in [2.75, 3.05) is 18.6 Å². The minimum atomic E-state index is -2.96. The van der Waals surface area contributed by atoms with E-state index >= 15 is 0 Å². The molecule has 0 saturated heterocycles. The molecule has 0 saturated carbocycles. The number of rotatable bonds is 7. The second-order valence-electron chi connectivity index (χ2n) is 6.16. The van der Waals surface area contributed by atoms with Gasteiger partial charge < -0.3 is 5.32 Å². The summed E-state index contributed by atoms with van der Waals surface area (Å²) < 4.78 is 26.9. The van der Waals surface area contributed by atoms with Gasteiger partial charge in [0, 0.05) is 17.7 Å². The maximum Gasteiger partial charge on any atom is 0.147 e. The monoisotopic (exact) mass is 319 g/mol. The molecule has 0 spiro atoms. The molecule has 5 nitrogen and oxygen atoms in total. The van der Waals surface area contributed by atoms with Gasteiger partial charge in [-0.1, -0.05) is 32.2 Å². The molecule has 1 aromatic rings. The second-order valence-corrected chi connectivity index (χ2v) is 9.21. The molecule has 7 heteroatoms. The third kappa shape index (κ3) is 5.46. The van der Waals surface area contributed by atoms with Gasteiger partial charge in [-0.3, -0.25) is 0 Å². The van der Waals surface area contributed by atoms with E-state index in [1.807, 2.05) is 0 Å². The fourth-order valence-electron chi connectivity index (χ4n) is 1.92. The lowest BCUT2D eigenvalue weighted by atomic mass is 9.89. The summed E-state index contributed by atoms with van der Waals surface area (Å²) in [6.45, 7) is 9.24. The lowest BCUT2D eigenvalue weighted by Crippen LogP contribution is -2.26. The molecule has 1 atom stereocenters. The summed E-state index contributed by atoms with van der Waals surface area (Å²) >= 11 is 1.37. The van der Waals surface area contributed by atoms with E-state index in [1.54, 1.807) is 0 Å². The maximum atomic E-state index is 11.4. The van der Waals surface area contributed by atoms with E-state index in [1.165, 1.54) is 17.8 Å². The lowest BCUT2D eigenvalue weighted by molar-refractivity contribution is 0.495. The standard InChI is InChI=1S/C13H25N3O2S2/c1-6-8-14-10(7-9-20(5,17)18)11-12(13(2,3)4)15-16-19-11/h10,14H,6-9H2,1-5H3. The Morgan fingerprint density at radius 2 is 2.00 bits per heavy atom. The molecule has 0 fully saturated rings. The summed E-state index contributed by atoms with van der Waals surface area (Å²) in [7, 11) is -2.96. The predicted molar refractivity (Wildman–Crippen MR) is 84.0 cm³/mol. The molecule has 116 valence electrons. The van der Waals surface area contributed by atoms with E-state index in [0.29, 0.717) is 6.42 Å². The minimum Gasteiger partial charge on any atom is -0.309 e. The molecule has 0 amide bonds. The maximum absolute atomic E-state index is 11.4. The first-order chi connectivity index (χ1) is 9.15. The summed E-state index contributed by atoms with van der Waals surface area (Å²) in [4.78, 5) is 1.06. The molecule has 0 bridgehead atoms. The highest BCUT2D eigenvalue weighted by Crippen LogP contribution is 2.31. The number of aromatic nitrogens is 2. The number of nitrogens with one attached hydrogen (secondary N) is 1. The van der Waals surface area contributed by atoms with Crippen molar-refractivity contribution in [1.29, 1.82) is 0 Å². The Balaban J connectivity index is 2.96. The molecule has 0 radical (unpaired) electrons. The number of nitrogens with zero attached hydrogens (tertiary/aromatic N) is 2. The van der Waals surface area contributed by atoms with Crippen LogP contribution >= 0.6 is 11.5 Å². The highest BCUT2D eigenvalue weighted by Gasteiger charge is 2.27. The fraction of sp³-hybridized carbons (Fsp3) is 0.846. The van der Waals surface area contributed by atoms with Crippen LogP contribution in [-0.4, -0.2) is 36.6 Å². The molecule has 0 aliphatic carbocycles. The highest BCUT2D eigenvalue weighted by atomic mass is 32.2. The van der Waals surface area contributed by atoms with Crippen LogP contribution in [0.5, 0.6) is 0 Å². The summed E-state index contributed by atoms with van der Waals surface area (Å²) in [5, 5.41) is 7.66. The van der Waals surface area contributed by atoms with Gasteiger partial charge >= 0.3 is 0 Å². The predicted octanol–water partition coefficient (Wildman–Crippen LogP) is 2.31. The largest absolute Gasteiger partial charge is 0.309 e. The fourth-order valence-corrected chi connectivity index (χ4v) is 3.56. The van der Waals surface area contributed by atoms with Gasteiger partial charge in [0.15, 0.2) is 0 Å². The van der Waals surface area contributed by atoms with Crippen LogP contribution in [0.25, 0.3) is 0 Å². The van der Waals surface area contributed by atoms with Crippen molar-refractivity contribution >= 4 is 21.4 Å². The van der Waals surface area contributed by atoms with E-state index in [0.717, 1.165) is 23.5 Å². The first-order valence-electron chi connectivity index (χ1n) is 6.89. The first-order valence-corrected chi connectivity index (χ1v) is 9.72. The van der Waals surface area contributed by atoms with Gasteiger partial charge in [0.05, 0.1) is 16.3 Å². The summed E-state index contributed by atoms with van der Waals surface area (Å²) in [5.41, 5.74) is 0.879. The summed E-state index contributed by atoms with van der Waals surface area (Å²) in [5.74, 6) is 0.176. The molecule has 20 heavy (non-hydrogen) atoms. The smallest absolute Gasteiger partial charge is 0.147 e. The van der Waals surface area contributed by atoms with Crippen molar-refractivity contribution in [3.63, 3.8) is 0 Å². The van der Waals surface area contributed by atoms with E-state index in [9.17, 15) is 8.42 Å². The zero-order valence-electron chi connectivity index (χ0n) is 12.9. The van der Waals surface area contributed by atoms with Gasteiger partial charge in [0.1, 0.15) is 9.84 Å². The van der Waals surface area contributed by atoms with E-state index in [4.69, 9.17) is 0 Å². The Morgan fingerprint density at radius 1 is 1.35 bits per heavy atom. The van der Waals surface area contributed by atoms with Crippen LogP contribution in [-0.2, 0) is 15.3 Å². The number of sulfone groups is 1. The molecule has 0 aliphatic heterocycles. The highest BCUT2D eigenvalue weighted by molar-refractivity contribution is 7.90. The van der Waals surface area contributed by atoms with Crippen molar-refractivity contribution in [3.8, 4) is 0 Å². The Bertz CT molecular complexity index is 518. The van der Waals surface area contributed by atoms with Crippen LogP contribution in [0.3, 0.4) is 0 Å². The third-order valence-electron chi connectivity index (χ3n) is 2.96. The van der Waals surface area contributed by atoms with Crippen LogP contribution < -0.4 is 5.32 Å². The van der Waals surface area contributed by atoms with Crippen molar-refractivity contribution in [2.45, 2.75) is 52.0 Å². The van der Waals surface area contributed by atoms with Crippen LogP contribution in [0.15, 0.2) is 0 Å². The summed E-state index contributed by atoms with van der Waals surface area (Å²) in [6.07, 6.45) is 2.84. The van der Waals surface area contributed by atoms with Crippen molar-refractivity contribution in [1.82, 2.24) is 14.9 Å². The summed E-state index contributed by atoms with van der Waals surface area (Å²) in [6, 6.07) is 0.0129. The first kappa shape index (κ1) is 17.5. The molecule has 1 rings (SSSR count). The normalized spacial score (nSPS) is 14.4. The zero-order valence-corrected chi connectivity index (χ0v) is 14.6. The molecule has 0 aromatic carbocycles. The Morgan fingerprint density at radius 3 is 2.50 bits per heavy atom. The van der Waals surface area contributed by atoms with Gasteiger partial charge in [-0.05, 0) is 30.9 Å². The molecule has 1 aromatic heterocycles. The van der Waals surface area contributed by atoms with Crippen LogP contribution in [0, 0.1) is 0 Å². The minimum absolute atomic E-state index is 0.0129. The van der Waals surface area contributed by atoms with E-state index in [-0.39, 0.29) is 17.2 Å². The van der Waals surface area contributed by atoms with Gasteiger partial charge in [-0.15, -0.1) is 5.10 Å². The van der Waals surface area contributed by atoms with Crippen molar-refractivity contribution in [3.05, 3.63) is 10.6 Å². The number of hydrogen-bond acceptors (Lipinski definition) is 6. The average molecular weight is 319 g/mol. The molecule has 0 aliphatic rings. The second kappa shape index (κ2) is 6.95. The van der Waals surface area contributed by atoms with Gasteiger partial charge in [-0.2, -0.15) is 0 Å². The average Bonchev–Trinajstić information content (AvgIpc) is 2.76. The van der Waals surface area contributed by atoms with Crippen molar-refractivity contribution < 1.29 is 8.42 Å². The van der Waals surface area contributed by atoms with Gasteiger partial charge in [0.25, 0.3) is 0 Å². The van der Waals surface area contributed by atoms with E-state index in [2.05, 4.69) is 42.6 Å². The number of hydrogen-bond donors (Lipinski definition) is 1. The van der Waals surface area contributed by atoms with Crippen LogP contribution in [0.1, 0.15) is 57.1 Å². The lowest BCUT2D eigenvalue weighted by Gasteiger charge is -2.22. The molecule has 1 N–H and O–H groups in total. The molecular weight excluding hydrogens is 294 g/mol. The molecule has 1 heterocycles. The van der Waals surface area contributed by atoms with Gasteiger partial charge in [0.2, 0.25) is 0 Å². The molecule has 1 unspecified atom stereocenters. The Kier molecular flexibility index (Phi) is 6.09. The quantitative estimate of drug-likeness (QED) is 0.835. The topological polar surface area (TPSA) is 72.0 Å². The molecular formula is C13H25N3O2S2. The van der Waals surface area contributed by atoms with Crippen LogP contribution in [0.4, 0.5) is 0 Å². The van der Waals surface area contributed by atoms with E-state index < -0.39 is 9.84 Å².